The van der Waals surface area contributed by atoms with Gasteiger partial charge >= 0.3 is 5.76 Å². The predicted octanol–water partition coefficient (Wildman–Crippen LogP) is 1.44. The van der Waals surface area contributed by atoms with E-state index in [1.54, 1.807) is 13.1 Å². The van der Waals surface area contributed by atoms with Crippen molar-refractivity contribution in [3.8, 4) is 16.5 Å². The van der Waals surface area contributed by atoms with Crippen molar-refractivity contribution in [2.24, 2.45) is 7.05 Å². The molecule has 11 heteroatoms. The lowest BCUT2D eigenvalue weighted by Gasteiger charge is -2.17. The van der Waals surface area contributed by atoms with Gasteiger partial charge in [0.1, 0.15) is 12.1 Å². The van der Waals surface area contributed by atoms with Crippen LogP contribution in [0.15, 0.2) is 39.8 Å². The molecule has 0 radical (unpaired) electrons. The van der Waals surface area contributed by atoms with Crippen molar-refractivity contribution >= 4 is 33.3 Å². The van der Waals surface area contributed by atoms with E-state index in [9.17, 15) is 14.9 Å². The Kier molecular flexibility index (Phi) is 5.72. The summed E-state index contributed by atoms with van der Waals surface area (Å²) in [5, 5.41) is 15.5. The zero-order chi connectivity index (χ0) is 22.9. The molecule has 1 fully saturated rings. The molecule has 1 amide bonds. The van der Waals surface area contributed by atoms with Gasteiger partial charge in [0, 0.05) is 39.0 Å². The van der Waals surface area contributed by atoms with E-state index in [0.717, 1.165) is 33.9 Å². The Hall–Kier alpha value is -3.46. The van der Waals surface area contributed by atoms with Crippen LogP contribution in [0.5, 0.6) is 0 Å². The van der Waals surface area contributed by atoms with Gasteiger partial charge in [0.25, 0.3) is 5.91 Å². The molecule has 2 atom stereocenters. The van der Waals surface area contributed by atoms with Crippen molar-refractivity contribution in [2.75, 3.05) is 19.7 Å². The fraction of sp³-hybridized carbons (Fsp3) is 0.364. The number of carbonyl (C=O) groups excluding carboxylic acids is 1. The summed E-state index contributed by atoms with van der Waals surface area (Å²) in [6.45, 7) is 1.77. The maximum absolute atomic E-state index is 12.5. The first-order valence-electron chi connectivity index (χ1n) is 10.6. The molecule has 170 valence electrons. The Morgan fingerprint density at radius 1 is 1.45 bits per heavy atom. The third-order valence-electron chi connectivity index (χ3n) is 5.61. The average Bonchev–Trinajstić information content (AvgIpc) is 3.35. The normalized spacial score (nSPS) is 17.6. The molecule has 0 spiro atoms. The maximum atomic E-state index is 12.5. The highest BCUT2D eigenvalue weighted by molar-refractivity contribution is 7.20. The molecular formula is C22H22N6O4S. The zero-order valence-corrected chi connectivity index (χ0v) is 18.7. The molecule has 0 bridgehead atoms. The number of rotatable bonds is 5. The number of nitrogens with one attached hydrogen (secondary N) is 2. The van der Waals surface area contributed by atoms with Gasteiger partial charge in [-0.25, -0.2) is 9.78 Å². The van der Waals surface area contributed by atoms with Crippen LogP contribution in [0.25, 0.3) is 26.5 Å². The largest absolute Gasteiger partial charge is 0.419 e. The second kappa shape index (κ2) is 8.82. The summed E-state index contributed by atoms with van der Waals surface area (Å²) in [6.07, 6.45) is 4.38. The lowest BCUT2D eigenvalue weighted by Crippen LogP contribution is -2.46. The van der Waals surface area contributed by atoms with Crippen LogP contribution in [0.2, 0.25) is 0 Å². The third kappa shape index (κ3) is 4.28. The minimum Gasteiger partial charge on any atom is -0.408 e. The van der Waals surface area contributed by atoms with Gasteiger partial charge in [-0.2, -0.15) is 5.26 Å². The van der Waals surface area contributed by atoms with Crippen molar-refractivity contribution < 1.29 is 13.9 Å². The van der Waals surface area contributed by atoms with Gasteiger partial charge in [-0.3, -0.25) is 13.8 Å². The molecule has 5 rings (SSSR count). The number of nitriles is 1. The highest BCUT2D eigenvalue weighted by atomic mass is 32.1. The van der Waals surface area contributed by atoms with Gasteiger partial charge in [0.15, 0.2) is 10.5 Å². The molecule has 4 heterocycles. The van der Waals surface area contributed by atoms with Crippen LogP contribution in [-0.4, -0.2) is 51.7 Å². The Morgan fingerprint density at radius 3 is 3.15 bits per heavy atom. The number of hydrogen-bond donors (Lipinski definition) is 2. The number of amides is 1. The average molecular weight is 467 g/mol. The summed E-state index contributed by atoms with van der Waals surface area (Å²) in [6, 6.07) is 7.05. The van der Waals surface area contributed by atoms with Crippen molar-refractivity contribution in [1.29, 1.82) is 5.26 Å². The first kappa shape index (κ1) is 21.4. The number of fused-ring (bicyclic) bond motifs is 2. The van der Waals surface area contributed by atoms with E-state index in [0.29, 0.717) is 30.8 Å². The van der Waals surface area contributed by atoms with E-state index in [1.165, 1.54) is 15.9 Å². The van der Waals surface area contributed by atoms with Crippen molar-refractivity contribution in [3.05, 3.63) is 46.8 Å². The molecule has 0 unspecified atom stereocenters. The van der Waals surface area contributed by atoms with Gasteiger partial charge < -0.3 is 19.8 Å². The van der Waals surface area contributed by atoms with E-state index in [1.807, 2.05) is 28.9 Å². The van der Waals surface area contributed by atoms with E-state index in [2.05, 4.69) is 21.7 Å². The molecule has 4 aromatic rings. The fourth-order valence-electron chi connectivity index (χ4n) is 3.84. The maximum Gasteiger partial charge on any atom is 0.419 e. The van der Waals surface area contributed by atoms with Crippen LogP contribution in [0, 0.1) is 11.3 Å². The number of thiazole rings is 1. The molecule has 3 aromatic heterocycles. The summed E-state index contributed by atoms with van der Waals surface area (Å²) < 4.78 is 14.1. The molecule has 0 aliphatic carbocycles. The molecule has 2 N–H and O–H groups in total. The van der Waals surface area contributed by atoms with Gasteiger partial charge in [0.05, 0.1) is 22.2 Å². The first-order chi connectivity index (χ1) is 16.0. The number of hydrogen-bond acceptors (Lipinski definition) is 8. The Morgan fingerprint density at radius 2 is 2.33 bits per heavy atom. The van der Waals surface area contributed by atoms with Crippen LogP contribution < -0.4 is 16.4 Å². The summed E-state index contributed by atoms with van der Waals surface area (Å²) in [7, 11) is 1.67. The van der Waals surface area contributed by atoms with E-state index in [4.69, 9.17) is 9.15 Å². The molecule has 10 nitrogen and oxygen atoms in total. The van der Waals surface area contributed by atoms with Crippen molar-refractivity contribution in [3.63, 3.8) is 0 Å². The summed E-state index contributed by atoms with van der Waals surface area (Å²) in [5.41, 5.74) is 2.94. The number of imidazole rings is 1. The van der Waals surface area contributed by atoms with Crippen molar-refractivity contribution in [1.82, 2.24) is 24.6 Å². The molecule has 1 aromatic carbocycles. The van der Waals surface area contributed by atoms with Crippen LogP contribution in [0.3, 0.4) is 0 Å². The standard InChI is InChI=1S/C22H22N6O4S/c1-27-16-7-13(3-4-17(16)32-22(27)30)19-12-28-11-15(26-21(28)33-19)8-14(9-23)25-20(29)18-10-24-5-2-6-31-18/h3-4,7,11-12,14,18,24H,2,5-6,8,10H2,1H3,(H,25,29)/t14-,18-/m0/s1. The molecule has 1 aliphatic heterocycles. The van der Waals surface area contributed by atoms with Gasteiger partial charge in [-0.05, 0) is 36.7 Å². The number of aryl methyl sites for hydroxylation is 1. The third-order valence-corrected chi connectivity index (χ3v) is 6.65. The van der Waals surface area contributed by atoms with Crippen LogP contribution in [0.4, 0.5) is 0 Å². The number of ether oxygens (including phenoxy) is 1. The SMILES string of the molecule is Cn1c(=O)oc2ccc(-c3cn4cc(C[C@@H](C#N)NC(=O)[C@@H]5CNCCCO5)nc4s3)cc21. The molecule has 0 saturated carbocycles. The summed E-state index contributed by atoms with van der Waals surface area (Å²) in [4.78, 5) is 30.6. The molecule has 33 heavy (non-hydrogen) atoms. The Bertz CT molecular complexity index is 1380. The predicted molar refractivity (Wildman–Crippen MR) is 122 cm³/mol. The van der Waals surface area contributed by atoms with Gasteiger partial charge in [-0.1, -0.05) is 11.3 Å². The van der Waals surface area contributed by atoms with Gasteiger partial charge in [0.2, 0.25) is 0 Å². The van der Waals surface area contributed by atoms with Crippen LogP contribution >= 0.6 is 11.3 Å². The Balaban J connectivity index is 1.30. The number of oxazole rings is 1. The van der Waals surface area contributed by atoms with Crippen LogP contribution in [0.1, 0.15) is 12.1 Å². The summed E-state index contributed by atoms with van der Waals surface area (Å²) in [5.74, 6) is -0.683. The second-order valence-corrected chi connectivity index (χ2v) is 8.95. The smallest absolute Gasteiger partial charge is 0.408 e. The van der Waals surface area contributed by atoms with Crippen LogP contribution in [-0.2, 0) is 23.0 Å². The quantitative estimate of drug-likeness (QED) is 0.456. The summed E-state index contributed by atoms with van der Waals surface area (Å²) >= 11 is 1.50. The minimum absolute atomic E-state index is 0.289. The molecular weight excluding hydrogens is 444 g/mol. The minimum atomic E-state index is -0.696. The lowest BCUT2D eigenvalue weighted by molar-refractivity contribution is -0.132. The second-order valence-electron chi connectivity index (χ2n) is 7.94. The zero-order valence-electron chi connectivity index (χ0n) is 17.9. The monoisotopic (exact) mass is 466 g/mol. The fourth-order valence-corrected chi connectivity index (χ4v) is 4.82. The molecule has 1 aliphatic rings. The first-order valence-corrected chi connectivity index (χ1v) is 11.4. The number of nitrogens with zero attached hydrogens (tertiary/aromatic N) is 4. The van der Waals surface area contributed by atoms with E-state index < -0.39 is 17.9 Å². The lowest BCUT2D eigenvalue weighted by atomic mass is 10.1. The van der Waals surface area contributed by atoms with Crippen molar-refractivity contribution in [2.45, 2.75) is 25.0 Å². The van der Waals surface area contributed by atoms with Gasteiger partial charge in [-0.15, -0.1) is 0 Å². The number of aromatic nitrogens is 3. The van der Waals surface area contributed by atoms with E-state index >= 15 is 0 Å². The Labute approximate surface area is 192 Å². The number of carbonyl (C=O) groups is 1. The highest BCUT2D eigenvalue weighted by Gasteiger charge is 2.24. The number of benzene rings is 1. The molecule has 1 saturated heterocycles. The highest BCUT2D eigenvalue weighted by Crippen LogP contribution is 2.30. The van der Waals surface area contributed by atoms with E-state index in [-0.39, 0.29) is 5.91 Å². The topological polar surface area (TPSA) is 127 Å².